The van der Waals surface area contributed by atoms with E-state index < -0.39 is 11.2 Å². The SMILES string of the molecule is O=C(O)[C@H]1CN[C@H](c2ccc(-c3ccc(Cl)c(Cl)c3)o2)S1. The monoisotopic (exact) mass is 343 g/mol. The third-order valence-corrected chi connectivity index (χ3v) is 5.26. The number of rotatable bonds is 3. The average Bonchev–Trinajstić information content (AvgIpc) is 3.09. The van der Waals surface area contributed by atoms with Crippen molar-refractivity contribution >= 4 is 40.9 Å². The molecule has 2 heterocycles. The van der Waals surface area contributed by atoms with E-state index in [4.69, 9.17) is 32.7 Å². The Morgan fingerprint density at radius 2 is 2.10 bits per heavy atom. The third kappa shape index (κ3) is 3.06. The van der Waals surface area contributed by atoms with Gasteiger partial charge in [0.15, 0.2) is 0 Å². The topological polar surface area (TPSA) is 62.5 Å². The number of hydrogen-bond donors (Lipinski definition) is 2. The van der Waals surface area contributed by atoms with E-state index in [1.54, 1.807) is 12.1 Å². The zero-order chi connectivity index (χ0) is 15.0. The highest BCUT2D eigenvalue weighted by Crippen LogP contribution is 2.38. The van der Waals surface area contributed by atoms with E-state index in [1.807, 2.05) is 18.2 Å². The maximum atomic E-state index is 11.0. The van der Waals surface area contributed by atoms with Gasteiger partial charge in [-0.2, -0.15) is 0 Å². The normalized spacial score (nSPS) is 21.6. The van der Waals surface area contributed by atoms with E-state index in [1.165, 1.54) is 11.8 Å². The second kappa shape index (κ2) is 5.93. The highest BCUT2D eigenvalue weighted by Gasteiger charge is 2.32. The van der Waals surface area contributed by atoms with Crippen LogP contribution in [-0.4, -0.2) is 22.9 Å². The minimum atomic E-state index is -0.814. The van der Waals surface area contributed by atoms with Gasteiger partial charge in [0.25, 0.3) is 0 Å². The van der Waals surface area contributed by atoms with Gasteiger partial charge in [-0.1, -0.05) is 23.2 Å². The maximum Gasteiger partial charge on any atom is 0.318 e. The summed E-state index contributed by atoms with van der Waals surface area (Å²) in [5.41, 5.74) is 0.827. The van der Waals surface area contributed by atoms with Crippen molar-refractivity contribution < 1.29 is 14.3 Å². The fraction of sp³-hybridized carbons (Fsp3) is 0.214. The molecule has 2 atom stereocenters. The highest BCUT2D eigenvalue weighted by molar-refractivity contribution is 8.01. The van der Waals surface area contributed by atoms with Gasteiger partial charge in [0, 0.05) is 12.1 Å². The van der Waals surface area contributed by atoms with Crippen LogP contribution < -0.4 is 5.32 Å². The Morgan fingerprint density at radius 1 is 1.29 bits per heavy atom. The second-order valence-electron chi connectivity index (χ2n) is 4.58. The van der Waals surface area contributed by atoms with Crippen molar-refractivity contribution in [2.45, 2.75) is 10.6 Å². The molecule has 110 valence electrons. The van der Waals surface area contributed by atoms with Crippen LogP contribution in [0.5, 0.6) is 0 Å². The van der Waals surface area contributed by atoms with Crippen LogP contribution in [0.25, 0.3) is 11.3 Å². The van der Waals surface area contributed by atoms with Gasteiger partial charge in [0.1, 0.15) is 22.1 Å². The van der Waals surface area contributed by atoms with Crippen molar-refractivity contribution in [1.29, 1.82) is 0 Å². The lowest BCUT2D eigenvalue weighted by atomic mass is 10.2. The Morgan fingerprint density at radius 3 is 2.76 bits per heavy atom. The van der Waals surface area contributed by atoms with Crippen LogP contribution >= 0.6 is 35.0 Å². The maximum absolute atomic E-state index is 11.0. The van der Waals surface area contributed by atoms with Crippen LogP contribution in [0, 0.1) is 0 Å². The largest absolute Gasteiger partial charge is 0.480 e. The summed E-state index contributed by atoms with van der Waals surface area (Å²) in [7, 11) is 0. The molecule has 0 amide bonds. The van der Waals surface area contributed by atoms with Crippen LogP contribution in [0.15, 0.2) is 34.7 Å². The molecule has 7 heteroatoms. The molecule has 0 unspecified atom stereocenters. The lowest BCUT2D eigenvalue weighted by molar-refractivity contribution is -0.136. The summed E-state index contributed by atoms with van der Waals surface area (Å²) in [6.07, 6.45) is 0. The Bertz CT molecular complexity index is 689. The van der Waals surface area contributed by atoms with Crippen LogP contribution in [0.2, 0.25) is 10.0 Å². The first-order valence-electron chi connectivity index (χ1n) is 6.21. The van der Waals surface area contributed by atoms with E-state index >= 15 is 0 Å². The van der Waals surface area contributed by atoms with Gasteiger partial charge in [-0.05, 0) is 30.3 Å². The van der Waals surface area contributed by atoms with Crippen molar-refractivity contribution in [2.75, 3.05) is 6.54 Å². The summed E-state index contributed by atoms with van der Waals surface area (Å²) >= 11 is 13.2. The summed E-state index contributed by atoms with van der Waals surface area (Å²) in [5, 5.41) is 12.5. The predicted molar refractivity (Wildman–Crippen MR) is 83.9 cm³/mol. The number of thioether (sulfide) groups is 1. The van der Waals surface area contributed by atoms with Crippen molar-refractivity contribution in [1.82, 2.24) is 5.32 Å². The van der Waals surface area contributed by atoms with E-state index in [0.29, 0.717) is 28.1 Å². The molecule has 1 aromatic carbocycles. The first-order valence-corrected chi connectivity index (χ1v) is 7.91. The fourth-order valence-electron chi connectivity index (χ4n) is 2.09. The van der Waals surface area contributed by atoms with Crippen LogP contribution in [-0.2, 0) is 4.79 Å². The molecule has 0 spiro atoms. The van der Waals surface area contributed by atoms with Gasteiger partial charge < -0.3 is 9.52 Å². The smallest absolute Gasteiger partial charge is 0.318 e. The molecule has 0 saturated carbocycles. The summed E-state index contributed by atoms with van der Waals surface area (Å²) in [5.74, 6) is 0.556. The molecule has 1 aromatic heterocycles. The van der Waals surface area contributed by atoms with Crippen LogP contribution in [0.4, 0.5) is 0 Å². The quantitative estimate of drug-likeness (QED) is 0.880. The van der Waals surface area contributed by atoms with Crippen molar-refractivity contribution in [3.8, 4) is 11.3 Å². The van der Waals surface area contributed by atoms with Gasteiger partial charge in [-0.15, -0.1) is 11.8 Å². The molecule has 0 bridgehead atoms. The molecular formula is C14H11Cl2NO3S. The number of carboxylic acid groups (broad SMARTS) is 1. The molecule has 2 aromatic rings. The highest BCUT2D eigenvalue weighted by atomic mass is 35.5. The molecule has 2 N–H and O–H groups in total. The minimum absolute atomic E-state index is 0.150. The third-order valence-electron chi connectivity index (χ3n) is 3.15. The predicted octanol–water partition coefficient (Wildman–Crippen LogP) is 4.04. The average molecular weight is 344 g/mol. The standard InChI is InChI=1S/C14H11Cl2NO3S/c15-8-2-1-7(5-9(8)16)10-3-4-11(20-10)13-17-6-12(21-13)14(18)19/h1-5,12-13,17H,6H2,(H,18,19)/t12-,13+/m1/s1. The Balaban J connectivity index is 1.80. The molecule has 1 aliphatic rings. The molecular weight excluding hydrogens is 333 g/mol. The number of carboxylic acids is 1. The molecule has 1 fully saturated rings. The summed E-state index contributed by atoms with van der Waals surface area (Å²) in [6, 6.07) is 8.95. The molecule has 1 aliphatic heterocycles. The summed E-state index contributed by atoms with van der Waals surface area (Å²) in [6.45, 7) is 0.424. The first-order chi connectivity index (χ1) is 10.0. The first kappa shape index (κ1) is 14.8. The van der Waals surface area contributed by atoms with Crippen LogP contribution in [0.1, 0.15) is 11.1 Å². The molecule has 1 saturated heterocycles. The van der Waals surface area contributed by atoms with Crippen LogP contribution in [0.3, 0.4) is 0 Å². The number of halogens is 2. The summed E-state index contributed by atoms with van der Waals surface area (Å²) in [4.78, 5) is 11.0. The van der Waals surface area contributed by atoms with Crippen molar-refractivity contribution in [3.05, 3.63) is 46.1 Å². The number of benzene rings is 1. The number of hydrogen-bond acceptors (Lipinski definition) is 4. The van der Waals surface area contributed by atoms with E-state index in [-0.39, 0.29) is 5.37 Å². The molecule has 4 nitrogen and oxygen atoms in total. The van der Waals surface area contributed by atoms with Gasteiger partial charge in [0.05, 0.1) is 10.0 Å². The minimum Gasteiger partial charge on any atom is -0.480 e. The van der Waals surface area contributed by atoms with E-state index in [2.05, 4.69) is 5.32 Å². The molecule has 0 radical (unpaired) electrons. The zero-order valence-electron chi connectivity index (χ0n) is 10.7. The molecule has 21 heavy (non-hydrogen) atoms. The fourth-order valence-corrected chi connectivity index (χ4v) is 3.47. The molecule has 3 rings (SSSR count). The number of furan rings is 1. The van der Waals surface area contributed by atoms with E-state index in [0.717, 1.165) is 5.56 Å². The van der Waals surface area contributed by atoms with Gasteiger partial charge >= 0.3 is 5.97 Å². The van der Waals surface area contributed by atoms with Crippen molar-refractivity contribution in [2.24, 2.45) is 0 Å². The Hall–Kier alpha value is -1.14. The van der Waals surface area contributed by atoms with E-state index in [9.17, 15) is 4.79 Å². The number of aliphatic carboxylic acids is 1. The van der Waals surface area contributed by atoms with Crippen molar-refractivity contribution in [3.63, 3.8) is 0 Å². The number of carbonyl (C=O) groups is 1. The van der Waals surface area contributed by atoms with Gasteiger partial charge in [0.2, 0.25) is 0 Å². The lowest BCUT2D eigenvalue weighted by Crippen LogP contribution is -2.21. The lowest BCUT2D eigenvalue weighted by Gasteiger charge is -2.06. The Labute approximate surface area is 135 Å². The van der Waals surface area contributed by atoms with Gasteiger partial charge in [-0.3, -0.25) is 10.1 Å². The van der Waals surface area contributed by atoms with Gasteiger partial charge in [-0.25, -0.2) is 0 Å². The number of nitrogens with one attached hydrogen (secondary N) is 1. The zero-order valence-corrected chi connectivity index (χ0v) is 13.0. The summed E-state index contributed by atoms with van der Waals surface area (Å²) < 4.78 is 5.80. The molecule has 0 aliphatic carbocycles. The Kier molecular flexibility index (Phi) is 4.17. The second-order valence-corrected chi connectivity index (χ2v) is 6.71.